The molecule has 0 aliphatic rings. The van der Waals surface area contributed by atoms with Gasteiger partial charge in [-0.1, -0.05) is 40.2 Å². The highest BCUT2D eigenvalue weighted by atomic mass is 79.9. The van der Waals surface area contributed by atoms with Gasteiger partial charge in [0.15, 0.2) is 0 Å². The SMILES string of the molecule is CSc1cccc([C@H](O)c2ccc(Br)cc2)c1. The summed E-state index contributed by atoms with van der Waals surface area (Å²) in [6.07, 6.45) is 1.47. The van der Waals surface area contributed by atoms with Crippen molar-refractivity contribution in [1.29, 1.82) is 0 Å². The maximum absolute atomic E-state index is 10.3. The van der Waals surface area contributed by atoms with Gasteiger partial charge in [0.2, 0.25) is 0 Å². The van der Waals surface area contributed by atoms with Gasteiger partial charge in [-0.2, -0.15) is 0 Å². The number of halogens is 1. The Morgan fingerprint density at radius 2 is 1.76 bits per heavy atom. The number of rotatable bonds is 3. The summed E-state index contributed by atoms with van der Waals surface area (Å²) in [5.41, 5.74) is 1.84. The van der Waals surface area contributed by atoms with Crippen LogP contribution in [0.1, 0.15) is 17.2 Å². The van der Waals surface area contributed by atoms with E-state index in [0.717, 1.165) is 15.6 Å². The van der Waals surface area contributed by atoms with Gasteiger partial charge in [0.25, 0.3) is 0 Å². The van der Waals surface area contributed by atoms with Crippen molar-refractivity contribution in [1.82, 2.24) is 0 Å². The van der Waals surface area contributed by atoms with Crippen LogP contribution >= 0.6 is 27.7 Å². The van der Waals surface area contributed by atoms with Gasteiger partial charge in [-0.15, -0.1) is 11.8 Å². The van der Waals surface area contributed by atoms with Crippen molar-refractivity contribution in [3.8, 4) is 0 Å². The van der Waals surface area contributed by atoms with E-state index in [1.54, 1.807) is 11.8 Å². The molecule has 0 bridgehead atoms. The maximum Gasteiger partial charge on any atom is 0.104 e. The van der Waals surface area contributed by atoms with Gasteiger partial charge in [0, 0.05) is 9.37 Å². The highest BCUT2D eigenvalue weighted by molar-refractivity contribution is 9.10. The van der Waals surface area contributed by atoms with Crippen LogP contribution < -0.4 is 0 Å². The van der Waals surface area contributed by atoms with E-state index in [9.17, 15) is 5.11 Å². The molecule has 1 atom stereocenters. The first-order valence-corrected chi connectivity index (χ1v) is 7.30. The lowest BCUT2D eigenvalue weighted by Gasteiger charge is -2.12. The van der Waals surface area contributed by atoms with Crippen LogP contribution in [0.15, 0.2) is 57.9 Å². The third-order valence-electron chi connectivity index (χ3n) is 2.60. The molecule has 1 nitrogen and oxygen atoms in total. The molecule has 3 heteroatoms. The molecule has 2 aromatic rings. The lowest BCUT2D eigenvalue weighted by molar-refractivity contribution is 0.220. The molecule has 1 N–H and O–H groups in total. The van der Waals surface area contributed by atoms with Gasteiger partial charge in [0.05, 0.1) is 0 Å². The molecule has 0 aliphatic carbocycles. The van der Waals surface area contributed by atoms with Crippen LogP contribution in [-0.2, 0) is 0 Å². The van der Waals surface area contributed by atoms with Crippen LogP contribution in [0.2, 0.25) is 0 Å². The number of hydrogen-bond donors (Lipinski definition) is 1. The number of aliphatic hydroxyl groups is 1. The zero-order valence-electron chi connectivity index (χ0n) is 9.43. The molecular formula is C14H13BrOS. The molecule has 17 heavy (non-hydrogen) atoms. The molecule has 0 radical (unpaired) electrons. The van der Waals surface area contributed by atoms with Crippen molar-refractivity contribution in [2.45, 2.75) is 11.0 Å². The lowest BCUT2D eigenvalue weighted by Crippen LogP contribution is -1.99. The number of benzene rings is 2. The molecule has 0 heterocycles. The Hall–Kier alpha value is -0.770. The number of aliphatic hydroxyl groups excluding tert-OH is 1. The van der Waals surface area contributed by atoms with E-state index < -0.39 is 6.10 Å². The average molecular weight is 309 g/mol. The summed E-state index contributed by atoms with van der Waals surface area (Å²) in [6.45, 7) is 0. The summed E-state index contributed by atoms with van der Waals surface area (Å²) in [6, 6.07) is 15.7. The minimum atomic E-state index is -0.560. The normalized spacial score (nSPS) is 12.4. The van der Waals surface area contributed by atoms with Gasteiger partial charge in [0.1, 0.15) is 6.10 Å². The second kappa shape index (κ2) is 5.71. The first kappa shape index (κ1) is 12.7. The Bertz CT molecular complexity index is 496. The Labute approximate surface area is 114 Å². The summed E-state index contributed by atoms with van der Waals surface area (Å²) in [5.74, 6) is 0. The lowest BCUT2D eigenvalue weighted by atomic mass is 10.0. The zero-order valence-corrected chi connectivity index (χ0v) is 11.8. The topological polar surface area (TPSA) is 20.2 Å². The standard InChI is InChI=1S/C14H13BrOS/c1-17-13-4-2-3-11(9-13)14(16)10-5-7-12(15)8-6-10/h2-9,14,16H,1H3/t14-/m1/s1. The van der Waals surface area contributed by atoms with Crippen molar-refractivity contribution in [2.24, 2.45) is 0 Å². The molecule has 2 rings (SSSR count). The fourth-order valence-corrected chi connectivity index (χ4v) is 2.38. The van der Waals surface area contributed by atoms with Gasteiger partial charge < -0.3 is 5.11 Å². The molecule has 0 aromatic heterocycles. The van der Waals surface area contributed by atoms with E-state index in [0.29, 0.717) is 0 Å². The third-order valence-corrected chi connectivity index (χ3v) is 3.85. The summed E-state index contributed by atoms with van der Waals surface area (Å²) >= 11 is 5.07. The van der Waals surface area contributed by atoms with E-state index in [1.807, 2.05) is 54.8 Å². The van der Waals surface area contributed by atoms with Crippen molar-refractivity contribution in [3.63, 3.8) is 0 Å². The maximum atomic E-state index is 10.3. The predicted molar refractivity (Wildman–Crippen MR) is 76.4 cm³/mol. The van der Waals surface area contributed by atoms with Crippen LogP contribution in [0, 0.1) is 0 Å². The van der Waals surface area contributed by atoms with Crippen molar-refractivity contribution in [3.05, 3.63) is 64.1 Å². The van der Waals surface area contributed by atoms with E-state index >= 15 is 0 Å². The molecule has 0 fully saturated rings. The van der Waals surface area contributed by atoms with Crippen molar-refractivity contribution in [2.75, 3.05) is 6.26 Å². The fraction of sp³-hybridized carbons (Fsp3) is 0.143. The molecule has 88 valence electrons. The van der Waals surface area contributed by atoms with Crippen molar-refractivity contribution < 1.29 is 5.11 Å². The molecule has 0 saturated heterocycles. The van der Waals surface area contributed by atoms with Crippen LogP contribution in [0.5, 0.6) is 0 Å². The first-order valence-electron chi connectivity index (χ1n) is 5.28. The van der Waals surface area contributed by atoms with Crippen LogP contribution in [0.25, 0.3) is 0 Å². The van der Waals surface area contributed by atoms with E-state index in [2.05, 4.69) is 15.9 Å². The Morgan fingerprint density at radius 1 is 1.06 bits per heavy atom. The third kappa shape index (κ3) is 3.12. The van der Waals surface area contributed by atoms with E-state index in [1.165, 1.54) is 4.90 Å². The second-order valence-electron chi connectivity index (χ2n) is 3.73. The van der Waals surface area contributed by atoms with Crippen molar-refractivity contribution >= 4 is 27.7 Å². The number of thioether (sulfide) groups is 1. The monoisotopic (exact) mass is 308 g/mol. The van der Waals surface area contributed by atoms with Gasteiger partial charge in [-0.3, -0.25) is 0 Å². The Balaban J connectivity index is 2.29. The molecule has 2 aromatic carbocycles. The second-order valence-corrected chi connectivity index (χ2v) is 5.53. The summed E-state index contributed by atoms with van der Waals surface area (Å²) in [4.78, 5) is 1.17. The minimum Gasteiger partial charge on any atom is -0.384 e. The van der Waals surface area contributed by atoms with Gasteiger partial charge in [-0.05, 0) is 41.6 Å². The highest BCUT2D eigenvalue weighted by Crippen LogP contribution is 2.26. The highest BCUT2D eigenvalue weighted by Gasteiger charge is 2.10. The fourth-order valence-electron chi connectivity index (χ4n) is 1.65. The summed E-state index contributed by atoms with van der Waals surface area (Å²) in [7, 11) is 0. The molecular weight excluding hydrogens is 296 g/mol. The van der Waals surface area contributed by atoms with Crippen LogP contribution in [0.3, 0.4) is 0 Å². The molecule has 0 spiro atoms. The summed E-state index contributed by atoms with van der Waals surface area (Å²) in [5, 5.41) is 10.3. The van der Waals surface area contributed by atoms with Crippen LogP contribution in [0.4, 0.5) is 0 Å². The molecule has 0 unspecified atom stereocenters. The Morgan fingerprint density at radius 3 is 2.41 bits per heavy atom. The molecule has 0 saturated carbocycles. The zero-order chi connectivity index (χ0) is 12.3. The van der Waals surface area contributed by atoms with Crippen LogP contribution in [-0.4, -0.2) is 11.4 Å². The Kier molecular flexibility index (Phi) is 4.26. The first-order chi connectivity index (χ1) is 8.20. The average Bonchev–Trinajstić information content (AvgIpc) is 2.39. The van der Waals surface area contributed by atoms with Gasteiger partial charge in [-0.25, -0.2) is 0 Å². The smallest absolute Gasteiger partial charge is 0.104 e. The minimum absolute atomic E-state index is 0.560. The largest absolute Gasteiger partial charge is 0.384 e. The molecule has 0 aliphatic heterocycles. The molecule has 0 amide bonds. The quantitative estimate of drug-likeness (QED) is 0.855. The predicted octanol–water partition coefficient (Wildman–Crippen LogP) is 4.25. The van der Waals surface area contributed by atoms with Gasteiger partial charge >= 0.3 is 0 Å². The summed E-state index contributed by atoms with van der Waals surface area (Å²) < 4.78 is 1.02. The van der Waals surface area contributed by atoms with E-state index in [4.69, 9.17) is 0 Å². The number of hydrogen-bond acceptors (Lipinski definition) is 2. The van der Waals surface area contributed by atoms with E-state index in [-0.39, 0.29) is 0 Å².